The molecule has 2 aliphatic heterocycles. The number of hydrogen-bond donors (Lipinski definition) is 3. The molecule has 12 nitrogen and oxygen atoms in total. The van der Waals surface area contributed by atoms with Gasteiger partial charge in [-0.1, -0.05) is 30.3 Å². The van der Waals surface area contributed by atoms with E-state index in [2.05, 4.69) is 20.9 Å². The van der Waals surface area contributed by atoms with Crippen molar-refractivity contribution in [2.24, 2.45) is 0 Å². The summed E-state index contributed by atoms with van der Waals surface area (Å²) in [5, 5.41) is 9.33. The predicted molar refractivity (Wildman–Crippen MR) is 162 cm³/mol. The van der Waals surface area contributed by atoms with Gasteiger partial charge in [-0.3, -0.25) is 39.2 Å². The first-order valence-corrected chi connectivity index (χ1v) is 14.7. The number of hydrogen-bond acceptors (Lipinski definition) is 9. The molecular formula is C33H31N5O7. The highest BCUT2D eigenvalue weighted by Crippen LogP contribution is 2.32. The Balaban J connectivity index is 0.978. The summed E-state index contributed by atoms with van der Waals surface area (Å²) in [5.74, 6) is -1.75. The molecular weight excluding hydrogens is 578 g/mol. The fraction of sp³-hybridized carbons (Fsp3) is 0.273. The first-order chi connectivity index (χ1) is 21.9. The van der Waals surface area contributed by atoms with Gasteiger partial charge >= 0.3 is 0 Å². The van der Waals surface area contributed by atoms with Crippen LogP contribution in [0.4, 0.5) is 5.69 Å². The molecule has 45 heavy (non-hydrogen) atoms. The maximum atomic E-state index is 13.2. The van der Waals surface area contributed by atoms with Crippen molar-refractivity contribution in [2.75, 3.05) is 25.1 Å². The topological polar surface area (TPSA) is 160 Å². The van der Waals surface area contributed by atoms with Gasteiger partial charge in [0.1, 0.15) is 23.4 Å². The highest BCUT2D eigenvalue weighted by Gasteiger charge is 2.45. The standard InChI is InChI=1S/C33H31N5O7/c39-27(36-30(21-7-4-14-34-19-21)26-18-20-6-1-2-10-25(20)45-26)11-5-16-44-17-15-35-23-9-3-8-22-29(23)33(43)38(32(22)42)24-12-13-28(40)37-31(24)41/h1-4,6-10,14,18-19,24,30,35H,5,11-13,15-17H2,(H,36,39)(H,37,40,41). The van der Waals surface area contributed by atoms with Gasteiger partial charge < -0.3 is 19.8 Å². The summed E-state index contributed by atoms with van der Waals surface area (Å²) in [6.45, 7) is 0.976. The van der Waals surface area contributed by atoms with Crippen molar-refractivity contribution < 1.29 is 33.1 Å². The van der Waals surface area contributed by atoms with Gasteiger partial charge in [0.25, 0.3) is 11.8 Å². The molecule has 1 saturated heterocycles. The Morgan fingerprint density at radius 2 is 1.91 bits per heavy atom. The number of pyridine rings is 1. The zero-order valence-electron chi connectivity index (χ0n) is 24.3. The average molecular weight is 610 g/mol. The van der Waals surface area contributed by atoms with Crippen LogP contribution in [-0.2, 0) is 19.1 Å². The number of fused-ring (bicyclic) bond motifs is 2. The minimum Gasteiger partial charge on any atom is -0.459 e. The number of anilines is 1. The van der Waals surface area contributed by atoms with Crippen LogP contribution in [0.25, 0.3) is 11.0 Å². The van der Waals surface area contributed by atoms with Crippen molar-refractivity contribution in [1.29, 1.82) is 0 Å². The number of imide groups is 2. The van der Waals surface area contributed by atoms with Gasteiger partial charge in [0, 0.05) is 55.0 Å². The molecule has 1 fully saturated rings. The second kappa shape index (κ2) is 13.1. The number of rotatable bonds is 12. The van der Waals surface area contributed by atoms with Crippen LogP contribution in [0.15, 0.2) is 77.5 Å². The Morgan fingerprint density at radius 1 is 1.04 bits per heavy atom. The largest absolute Gasteiger partial charge is 0.459 e. The van der Waals surface area contributed by atoms with E-state index in [1.54, 1.807) is 30.6 Å². The van der Waals surface area contributed by atoms with Crippen LogP contribution in [0.2, 0.25) is 0 Å². The molecule has 2 aromatic heterocycles. The molecule has 0 bridgehead atoms. The lowest BCUT2D eigenvalue weighted by Gasteiger charge is -2.27. The van der Waals surface area contributed by atoms with E-state index in [0.717, 1.165) is 21.4 Å². The van der Waals surface area contributed by atoms with E-state index in [9.17, 15) is 24.0 Å². The third kappa shape index (κ3) is 6.31. The minimum atomic E-state index is -1.03. The van der Waals surface area contributed by atoms with Gasteiger partial charge in [0.2, 0.25) is 17.7 Å². The molecule has 2 atom stereocenters. The fourth-order valence-corrected chi connectivity index (χ4v) is 5.60. The molecule has 12 heteroatoms. The first kappa shape index (κ1) is 29.7. The molecule has 0 aliphatic carbocycles. The van der Waals surface area contributed by atoms with Crippen molar-refractivity contribution in [3.05, 3.63) is 95.5 Å². The summed E-state index contributed by atoms with van der Waals surface area (Å²) in [5.41, 5.74) is 2.39. The van der Waals surface area contributed by atoms with Gasteiger partial charge in [0.15, 0.2) is 0 Å². The van der Waals surface area contributed by atoms with Crippen molar-refractivity contribution in [2.45, 2.75) is 37.8 Å². The highest BCUT2D eigenvalue weighted by atomic mass is 16.5. The lowest BCUT2D eigenvalue weighted by molar-refractivity contribution is -0.136. The van der Waals surface area contributed by atoms with Crippen LogP contribution in [0.3, 0.4) is 0 Å². The van der Waals surface area contributed by atoms with Crippen LogP contribution in [-0.4, -0.2) is 65.2 Å². The lowest BCUT2D eigenvalue weighted by atomic mass is 10.0. The molecule has 0 spiro atoms. The van der Waals surface area contributed by atoms with E-state index in [1.165, 1.54) is 0 Å². The first-order valence-electron chi connectivity index (χ1n) is 14.7. The molecule has 4 heterocycles. The van der Waals surface area contributed by atoms with Gasteiger partial charge in [-0.25, -0.2) is 0 Å². The Kier molecular flexibility index (Phi) is 8.65. The molecule has 5 amide bonds. The number of ether oxygens (including phenoxy) is 1. The number of para-hydroxylation sites is 1. The quantitative estimate of drug-likeness (QED) is 0.162. The number of nitrogens with one attached hydrogen (secondary N) is 3. The van der Waals surface area contributed by atoms with Crippen LogP contribution in [0.1, 0.15) is 63.8 Å². The number of nitrogens with zero attached hydrogens (tertiary/aromatic N) is 2. The Hall–Kier alpha value is -5.36. The second-order valence-electron chi connectivity index (χ2n) is 10.8. The molecule has 2 aliphatic rings. The van der Waals surface area contributed by atoms with Gasteiger partial charge in [-0.15, -0.1) is 0 Å². The molecule has 0 radical (unpaired) electrons. The van der Waals surface area contributed by atoms with E-state index in [1.807, 2.05) is 42.5 Å². The SMILES string of the molecule is O=C1CCC(N2C(=O)c3cccc(NCCOCCCC(=O)NC(c4cccnc4)c4cc5ccccc5o4)c3C2=O)C(=O)N1. The van der Waals surface area contributed by atoms with Gasteiger partial charge in [-0.2, -0.15) is 0 Å². The fourth-order valence-electron chi connectivity index (χ4n) is 5.60. The Morgan fingerprint density at radius 3 is 2.71 bits per heavy atom. The van der Waals surface area contributed by atoms with Crippen molar-refractivity contribution >= 4 is 46.2 Å². The van der Waals surface area contributed by atoms with Gasteiger partial charge in [-0.05, 0) is 43.2 Å². The molecule has 230 valence electrons. The smallest absolute Gasteiger partial charge is 0.264 e. The minimum absolute atomic E-state index is 0.0559. The molecule has 3 N–H and O–H groups in total. The summed E-state index contributed by atoms with van der Waals surface area (Å²) in [6.07, 6.45) is 4.25. The second-order valence-corrected chi connectivity index (χ2v) is 10.8. The molecule has 4 aromatic rings. The van der Waals surface area contributed by atoms with E-state index in [4.69, 9.17) is 9.15 Å². The van der Waals surface area contributed by atoms with Crippen LogP contribution >= 0.6 is 0 Å². The number of piperidine rings is 1. The number of aromatic nitrogens is 1. The molecule has 2 unspecified atom stereocenters. The Labute approximate surface area is 258 Å². The van der Waals surface area contributed by atoms with Crippen LogP contribution in [0, 0.1) is 0 Å². The molecule has 2 aromatic carbocycles. The predicted octanol–water partition coefficient (Wildman–Crippen LogP) is 3.34. The average Bonchev–Trinajstić information content (AvgIpc) is 3.58. The van der Waals surface area contributed by atoms with Crippen LogP contribution < -0.4 is 16.0 Å². The molecule has 6 rings (SSSR count). The van der Waals surface area contributed by atoms with Crippen LogP contribution in [0.5, 0.6) is 0 Å². The van der Waals surface area contributed by atoms with E-state index in [0.29, 0.717) is 37.6 Å². The monoisotopic (exact) mass is 609 g/mol. The summed E-state index contributed by atoms with van der Waals surface area (Å²) >= 11 is 0. The maximum absolute atomic E-state index is 13.2. The molecule has 0 saturated carbocycles. The summed E-state index contributed by atoms with van der Waals surface area (Å²) in [6, 6.07) is 16.6. The number of benzene rings is 2. The van der Waals surface area contributed by atoms with Crippen molar-refractivity contribution in [1.82, 2.24) is 20.5 Å². The third-order valence-corrected chi connectivity index (χ3v) is 7.77. The van der Waals surface area contributed by atoms with Crippen molar-refractivity contribution in [3.63, 3.8) is 0 Å². The van der Waals surface area contributed by atoms with E-state index in [-0.39, 0.29) is 36.3 Å². The Bertz CT molecular complexity index is 1740. The zero-order chi connectivity index (χ0) is 31.3. The normalized spacial score (nSPS) is 16.9. The zero-order valence-corrected chi connectivity index (χ0v) is 24.3. The number of carbonyl (C=O) groups is 5. The maximum Gasteiger partial charge on any atom is 0.264 e. The summed E-state index contributed by atoms with van der Waals surface area (Å²) < 4.78 is 11.7. The summed E-state index contributed by atoms with van der Waals surface area (Å²) in [4.78, 5) is 68.1. The lowest BCUT2D eigenvalue weighted by Crippen LogP contribution is -2.54. The number of amides is 5. The van der Waals surface area contributed by atoms with Crippen molar-refractivity contribution in [3.8, 4) is 0 Å². The summed E-state index contributed by atoms with van der Waals surface area (Å²) in [7, 11) is 0. The van der Waals surface area contributed by atoms with E-state index >= 15 is 0 Å². The van der Waals surface area contributed by atoms with Gasteiger partial charge in [0.05, 0.1) is 17.7 Å². The number of furan rings is 1. The highest BCUT2D eigenvalue weighted by molar-refractivity contribution is 6.25. The third-order valence-electron chi connectivity index (χ3n) is 7.77. The number of carbonyl (C=O) groups excluding carboxylic acids is 5. The van der Waals surface area contributed by atoms with E-state index < -0.39 is 35.7 Å².